The molecule has 3 heteroatoms. The number of hydrogen-bond acceptors (Lipinski definition) is 2. The number of benzene rings is 1. The zero-order valence-corrected chi connectivity index (χ0v) is 14.0. The van der Waals surface area contributed by atoms with E-state index in [9.17, 15) is 9.90 Å². The fourth-order valence-electron chi connectivity index (χ4n) is 4.06. The second-order valence-corrected chi connectivity index (χ2v) is 6.74. The van der Waals surface area contributed by atoms with Crippen LogP contribution in [0.25, 0.3) is 0 Å². The Kier molecular flexibility index (Phi) is 5.00. The lowest BCUT2D eigenvalue weighted by Crippen LogP contribution is -2.53. The van der Waals surface area contributed by atoms with Gasteiger partial charge in [-0.3, -0.25) is 9.69 Å². The molecule has 1 aromatic carbocycles. The maximum absolute atomic E-state index is 11.8. The lowest BCUT2D eigenvalue weighted by molar-refractivity contribution is -0.144. The molecule has 0 spiro atoms. The second-order valence-electron chi connectivity index (χ2n) is 6.74. The third kappa shape index (κ3) is 3.22. The van der Waals surface area contributed by atoms with Crippen molar-refractivity contribution in [3.63, 3.8) is 0 Å². The molecule has 0 bridgehead atoms. The van der Waals surface area contributed by atoms with Crippen LogP contribution in [0, 0.1) is 5.92 Å². The second kappa shape index (κ2) is 7.18. The first-order valence-corrected chi connectivity index (χ1v) is 8.68. The molecule has 2 aliphatic carbocycles. The molecule has 1 saturated carbocycles. The monoisotopic (exact) mass is 323 g/mol. The number of carboxylic acid groups (broad SMARTS) is 1. The Balaban J connectivity index is 1.97. The standard InChI is InChI=1S/C21H25NO2/c1-2-21(14-7-4-8-15-21)22(16-17-10-5-3-6-11-17)19-13-9-12-18(19)20(23)24/h2-8,10-11,14,18-19H,1,9,12-13,15-16H2,(H,23,24)/t18?,19?,21-/m1/s1. The van der Waals surface area contributed by atoms with Crippen LogP contribution in [0.3, 0.4) is 0 Å². The van der Waals surface area contributed by atoms with E-state index in [1.807, 2.05) is 36.4 Å². The number of carboxylic acids is 1. The van der Waals surface area contributed by atoms with Gasteiger partial charge in [-0.1, -0.05) is 67.1 Å². The van der Waals surface area contributed by atoms with Gasteiger partial charge in [0.1, 0.15) is 0 Å². The predicted octanol–water partition coefficient (Wildman–Crippen LogP) is 4.18. The van der Waals surface area contributed by atoms with Crippen LogP contribution in [-0.2, 0) is 11.3 Å². The Morgan fingerprint density at radius 3 is 2.71 bits per heavy atom. The van der Waals surface area contributed by atoms with E-state index in [-0.39, 0.29) is 17.5 Å². The molecule has 1 aromatic rings. The highest BCUT2D eigenvalue weighted by atomic mass is 16.4. The molecule has 0 heterocycles. The number of rotatable bonds is 6. The highest BCUT2D eigenvalue weighted by Gasteiger charge is 2.43. The molecular weight excluding hydrogens is 298 g/mol. The van der Waals surface area contributed by atoms with E-state index in [4.69, 9.17) is 0 Å². The maximum Gasteiger partial charge on any atom is 0.308 e. The molecule has 3 rings (SSSR count). The molecule has 2 aliphatic rings. The highest BCUT2D eigenvalue weighted by Crippen LogP contribution is 2.39. The van der Waals surface area contributed by atoms with Crippen molar-refractivity contribution >= 4 is 5.97 Å². The van der Waals surface area contributed by atoms with Gasteiger partial charge in [0.05, 0.1) is 11.5 Å². The molecule has 0 aromatic heterocycles. The molecule has 0 aliphatic heterocycles. The van der Waals surface area contributed by atoms with E-state index < -0.39 is 5.97 Å². The molecule has 24 heavy (non-hydrogen) atoms. The smallest absolute Gasteiger partial charge is 0.308 e. The number of aliphatic carboxylic acids is 1. The third-order valence-corrected chi connectivity index (χ3v) is 5.36. The van der Waals surface area contributed by atoms with Crippen LogP contribution in [0.1, 0.15) is 31.2 Å². The van der Waals surface area contributed by atoms with Gasteiger partial charge in [-0.05, 0) is 24.8 Å². The molecular formula is C21H25NO2. The van der Waals surface area contributed by atoms with Crippen LogP contribution in [0.15, 0.2) is 67.3 Å². The molecule has 0 amide bonds. The quantitative estimate of drug-likeness (QED) is 0.798. The minimum Gasteiger partial charge on any atom is -0.481 e. The Labute approximate surface area is 144 Å². The average molecular weight is 323 g/mol. The fraction of sp³-hybridized carbons (Fsp3) is 0.381. The fourth-order valence-corrected chi connectivity index (χ4v) is 4.06. The topological polar surface area (TPSA) is 40.5 Å². The first kappa shape index (κ1) is 16.7. The Morgan fingerprint density at radius 2 is 2.08 bits per heavy atom. The van der Waals surface area contributed by atoms with Crippen LogP contribution >= 0.6 is 0 Å². The van der Waals surface area contributed by atoms with E-state index in [0.717, 1.165) is 32.2 Å². The Hall–Kier alpha value is -2.13. The summed E-state index contributed by atoms with van der Waals surface area (Å²) in [4.78, 5) is 14.1. The summed E-state index contributed by atoms with van der Waals surface area (Å²) in [6.45, 7) is 4.82. The lowest BCUT2D eigenvalue weighted by Gasteiger charge is -2.45. The molecule has 1 N–H and O–H groups in total. The van der Waals surface area contributed by atoms with Crippen LogP contribution in [0.4, 0.5) is 0 Å². The number of carbonyl (C=O) groups is 1. The summed E-state index contributed by atoms with van der Waals surface area (Å²) in [6.07, 6.45) is 13.9. The van der Waals surface area contributed by atoms with Crippen LogP contribution in [-0.4, -0.2) is 27.6 Å². The minimum atomic E-state index is -0.676. The predicted molar refractivity (Wildman–Crippen MR) is 96.6 cm³/mol. The molecule has 0 radical (unpaired) electrons. The van der Waals surface area contributed by atoms with Crippen molar-refractivity contribution in [3.05, 3.63) is 72.9 Å². The summed E-state index contributed by atoms with van der Waals surface area (Å²) in [5.41, 5.74) is 0.894. The molecule has 126 valence electrons. The van der Waals surface area contributed by atoms with Gasteiger partial charge in [-0.2, -0.15) is 0 Å². The molecule has 2 unspecified atom stereocenters. The lowest BCUT2D eigenvalue weighted by atomic mass is 9.85. The van der Waals surface area contributed by atoms with Crippen LogP contribution in [0.5, 0.6) is 0 Å². The summed E-state index contributed by atoms with van der Waals surface area (Å²) in [6, 6.07) is 10.3. The zero-order chi connectivity index (χ0) is 17.0. The van der Waals surface area contributed by atoms with Gasteiger partial charge in [0.25, 0.3) is 0 Å². The van der Waals surface area contributed by atoms with Gasteiger partial charge < -0.3 is 5.11 Å². The molecule has 3 atom stereocenters. The van der Waals surface area contributed by atoms with E-state index in [2.05, 4.69) is 35.8 Å². The van der Waals surface area contributed by atoms with Gasteiger partial charge in [-0.15, -0.1) is 6.58 Å². The van der Waals surface area contributed by atoms with Crippen molar-refractivity contribution in [2.45, 2.75) is 43.8 Å². The molecule has 3 nitrogen and oxygen atoms in total. The van der Waals surface area contributed by atoms with Crippen LogP contribution in [0.2, 0.25) is 0 Å². The number of nitrogens with zero attached hydrogens (tertiary/aromatic N) is 1. The zero-order valence-electron chi connectivity index (χ0n) is 14.0. The molecule has 0 saturated heterocycles. The van der Waals surface area contributed by atoms with E-state index >= 15 is 0 Å². The number of allylic oxidation sites excluding steroid dienone is 2. The normalized spacial score (nSPS) is 29.0. The van der Waals surface area contributed by atoms with Gasteiger partial charge in [-0.25, -0.2) is 0 Å². The molecule has 1 fully saturated rings. The first-order chi connectivity index (χ1) is 11.7. The van der Waals surface area contributed by atoms with E-state index in [1.165, 1.54) is 5.56 Å². The third-order valence-electron chi connectivity index (χ3n) is 5.36. The van der Waals surface area contributed by atoms with E-state index in [0.29, 0.717) is 0 Å². The van der Waals surface area contributed by atoms with Gasteiger partial charge >= 0.3 is 5.97 Å². The summed E-state index contributed by atoms with van der Waals surface area (Å²) < 4.78 is 0. The summed E-state index contributed by atoms with van der Waals surface area (Å²) in [7, 11) is 0. The first-order valence-electron chi connectivity index (χ1n) is 8.68. The van der Waals surface area contributed by atoms with Crippen molar-refractivity contribution in [1.29, 1.82) is 0 Å². The average Bonchev–Trinajstić information content (AvgIpc) is 3.11. The van der Waals surface area contributed by atoms with Crippen molar-refractivity contribution in [2.75, 3.05) is 0 Å². The summed E-state index contributed by atoms with van der Waals surface area (Å²) in [5.74, 6) is -0.977. The van der Waals surface area contributed by atoms with Crippen molar-refractivity contribution in [3.8, 4) is 0 Å². The SMILES string of the molecule is C=C[C@@]1(N(Cc2ccccc2)C2CCCC2C(=O)O)C=CC=CC1. The van der Waals surface area contributed by atoms with Crippen molar-refractivity contribution in [2.24, 2.45) is 5.92 Å². The summed E-state index contributed by atoms with van der Waals surface area (Å²) >= 11 is 0. The Morgan fingerprint density at radius 1 is 1.29 bits per heavy atom. The van der Waals surface area contributed by atoms with Crippen molar-refractivity contribution < 1.29 is 9.90 Å². The van der Waals surface area contributed by atoms with Gasteiger partial charge in [0.2, 0.25) is 0 Å². The number of hydrogen-bond donors (Lipinski definition) is 1. The van der Waals surface area contributed by atoms with Gasteiger partial charge in [0.15, 0.2) is 0 Å². The van der Waals surface area contributed by atoms with E-state index in [1.54, 1.807) is 0 Å². The van der Waals surface area contributed by atoms with Crippen molar-refractivity contribution in [1.82, 2.24) is 4.90 Å². The Bertz CT molecular complexity index is 649. The highest BCUT2D eigenvalue weighted by molar-refractivity contribution is 5.71. The summed E-state index contributed by atoms with van der Waals surface area (Å²) in [5, 5.41) is 9.67. The van der Waals surface area contributed by atoms with Crippen LogP contribution < -0.4 is 0 Å². The minimum absolute atomic E-state index is 0.0388. The maximum atomic E-state index is 11.8. The largest absolute Gasteiger partial charge is 0.481 e. The van der Waals surface area contributed by atoms with Gasteiger partial charge in [0, 0.05) is 12.6 Å².